The lowest BCUT2D eigenvalue weighted by atomic mass is 9.76. The van der Waals surface area contributed by atoms with Crippen molar-refractivity contribution >= 4 is 21.6 Å². The van der Waals surface area contributed by atoms with E-state index in [1.165, 1.54) is 28.6 Å². The van der Waals surface area contributed by atoms with E-state index in [2.05, 4.69) is 75.8 Å². The predicted molar refractivity (Wildman–Crippen MR) is 80.0 cm³/mol. The summed E-state index contributed by atoms with van der Waals surface area (Å²) in [5.41, 5.74) is 2.69. The Labute approximate surface area is 116 Å². The van der Waals surface area contributed by atoms with Gasteiger partial charge in [-0.15, -0.1) is 0 Å². The van der Waals surface area contributed by atoms with Gasteiger partial charge in [0.15, 0.2) is 0 Å². The summed E-state index contributed by atoms with van der Waals surface area (Å²) in [4.78, 5) is 0. The standard InChI is InChI=1S/C16H16BrN/c17-14-6-4-5-12(9-14)13-10-16(11-13)18-15-7-2-1-3-8-15/h1-9,13,16,18H,10-11H2. The first-order chi connectivity index (χ1) is 8.81. The zero-order valence-corrected chi connectivity index (χ0v) is 11.7. The summed E-state index contributed by atoms with van der Waals surface area (Å²) < 4.78 is 1.18. The van der Waals surface area contributed by atoms with Crippen molar-refractivity contribution in [3.05, 3.63) is 64.6 Å². The summed E-state index contributed by atoms with van der Waals surface area (Å²) >= 11 is 3.54. The molecule has 0 unspecified atom stereocenters. The SMILES string of the molecule is Brc1cccc(C2CC(Nc3ccccc3)C2)c1. The van der Waals surface area contributed by atoms with Gasteiger partial charge in [-0.05, 0) is 48.6 Å². The molecule has 1 fully saturated rings. The highest BCUT2D eigenvalue weighted by Crippen LogP contribution is 2.39. The van der Waals surface area contributed by atoms with E-state index < -0.39 is 0 Å². The van der Waals surface area contributed by atoms with Crippen LogP contribution in [0.15, 0.2) is 59.1 Å². The highest BCUT2D eigenvalue weighted by Gasteiger charge is 2.30. The van der Waals surface area contributed by atoms with Gasteiger partial charge in [-0.2, -0.15) is 0 Å². The number of nitrogens with one attached hydrogen (secondary N) is 1. The topological polar surface area (TPSA) is 12.0 Å². The summed E-state index contributed by atoms with van der Waals surface area (Å²) in [5, 5.41) is 3.58. The molecular formula is C16H16BrN. The lowest BCUT2D eigenvalue weighted by molar-refractivity contribution is 0.374. The molecule has 0 atom stereocenters. The zero-order chi connectivity index (χ0) is 12.4. The average Bonchev–Trinajstić information content (AvgIpc) is 2.34. The van der Waals surface area contributed by atoms with Gasteiger partial charge in [-0.3, -0.25) is 0 Å². The molecule has 1 aliphatic rings. The maximum absolute atomic E-state index is 3.58. The average molecular weight is 302 g/mol. The Morgan fingerprint density at radius 2 is 1.72 bits per heavy atom. The van der Waals surface area contributed by atoms with Crippen molar-refractivity contribution in [2.75, 3.05) is 5.32 Å². The van der Waals surface area contributed by atoms with E-state index >= 15 is 0 Å². The summed E-state index contributed by atoms with van der Waals surface area (Å²) in [7, 11) is 0. The minimum atomic E-state index is 0.622. The van der Waals surface area contributed by atoms with Gasteiger partial charge in [0.25, 0.3) is 0 Å². The zero-order valence-electron chi connectivity index (χ0n) is 10.1. The Morgan fingerprint density at radius 1 is 0.944 bits per heavy atom. The van der Waals surface area contributed by atoms with Crippen molar-refractivity contribution in [2.24, 2.45) is 0 Å². The van der Waals surface area contributed by atoms with E-state index in [9.17, 15) is 0 Å². The molecule has 2 aromatic carbocycles. The van der Waals surface area contributed by atoms with Crippen LogP contribution in [0, 0.1) is 0 Å². The predicted octanol–water partition coefficient (Wildman–Crippen LogP) is 4.81. The van der Waals surface area contributed by atoms with Crippen LogP contribution < -0.4 is 5.32 Å². The number of para-hydroxylation sites is 1. The summed E-state index contributed by atoms with van der Waals surface area (Å²) in [6.07, 6.45) is 2.46. The smallest absolute Gasteiger partial charge is 0.0342 e. The van der Waals surface area contributed by atoms with Gasteiger partial charge in [0.1, 0.15) is 0 Å². The fraction of sp³-hybridized carbons (Fsp3) is 0.250. The van der Waals surface area contributed by atoms with Gasteiger partial charge in [-0.1, -0.05) is 46.3 Å². The molecule has 0 aromatic heterocycles. The van der Waals surface area contributed by atoms with Crippen molar-refractivity contribution in [3.63, 3.8) is 0 Å². The van der Waals surface area contributed by atoms with Crippen molar-refractivity contribution in [1.29, 1.82) is 0 Å². The van der Waals surface area contributed by atoms with Gasteiger partial charge in [-0.25, -0.2) is 0 Å². The molecule has 0 bridgehead atoms. The van der Waals surface area contributed by atoms with Crippen LogP contribution in [0.5, 0.6) is 0 Å². The van der Waals surface area contributed by atoms with Crippen LogP contribution in [-0.4, -0.2) is 6.04 Å². The largest absolute Gasteiger partial charge is 0.382 e. The second kappa shape index (κ2) is 5.15. The summed E-state index contributed by atoms with van der Waals surface area (Å²) in [5.74, 6) is 0.712. The molecule has 0 aliphatic heterocycles. The van der Waals surface area contributed by atoms with E-state index in [1.807, 2.05) is 0 Å². The Bertz CT molecular complexity index is 518. The van der Waals surface area contributed by atoms with E-state index in [4.69, 9.17) is 0 Å². The van der Waals surface area contributed by atoms with E-state index in [0.717, 1.165) is 0 Å². The molecule has 1 saturated carbocycles. The fourth-order valence-electron chi connectivity index (χ4n) is 2.54. The van der Waals surface area contributed by atoms with Crippen LogP contribution in [0.25, 0.3) is 0 Å². The first-order valence-electron chi connectivity index (χ1n) is 6.38. The quantitative estimate of drug-likeness (QED) is 0.858. The highest BCUT2D eigenvalue weighted by molar-refractivity contribution is 9.10. The van der Waals surface area contributed by atoms with Gasteiger partial charge in [0.05, 0.1) is 0 Å². The summed E-state index contributed by atoms with van der Waals surface area (Å²) in [6.45, 7) is 0. The van der Waals surface area contributed by atoms with Gasteiger partial charge in [0, 0.05) is 16.2 Å². The Morgan fingerprint density at radius 3 is 2.44 bits per heavy atom. The van der Waals surface area contributed by atoms with Crippen molar-refractivity contribution in [3.8, 4) is 0 Å². The van der Waals surface area contributed by atoms with Crippen LogP contribution >= 0.6 is 15.9 Å². The number of benzene rings is 2. The minimum Gasteiger partial charge on any atom is -0.382 e. The second-order valence-corrected chi connectivity index (χ2v) is 5.85. The molecule has 0 spiro atoms. The molecule has 1 aliphatic carbocycles. The molecule has 0 amide bonds. The van der Waals surface area contributed by atoms with Crippen LogP contribution in [-0.2, 0) is 0 Å². The summed E-state index contributed by atoms with van der Waals surface area (Å²) in [6, 6.07) is 19.8. The molecular weight excluding hydrogens is 286 g/mol. The minimum absolute atomic E-state index is 0.622. The number of rotatable bonds is 3. The molecule has 0 saturated heterocycles. The highest BCUT2D eigenvalue weighted by atomic mass is 79.9. The van der Waals surface area contributed by atoms with E-state index in [1.54, 1.807) is 0 Å². The lowest BCUT2D eigenvalue weighted by Crippen LogP contribution is -2.33. The van der Waals surface area contributed by atoms with Gasteiger partial charge >= 0.3 is 0 Å². The molecule has 18 heavy (non-hydrogen) atoms. The molecule has 1 N–H and O–H groups in total. The fourth-order valence-corrected chi connectivity index (χ4v) is 2.96. The van der Waals surface area contributed by atoms with Gasteiger partial charge in [0.2, 0.25) is 0 Å². The lowest BCUT2D eigenvalue weighted by Gasteiger charge is -2.37. The number of hydrogen-bond donors (Lipinski definition) is 1. The van der Waals surface area contributed by atoms with Crippen molar-refractivity contribution < 1.29 is 0 Å². The van der Waals surface area contributed by atoms with Gasteiger partial charge < -0.3 is 5.32 Å². The first kappa shape index (κ1) is 11.8. The molecule has 0 heterocycles. The molecule has 2 heteroatoms. The maximum Gasteiger partial charge on any atom is 0.0342 e. The number of halogens is 1. The van der Waals surface area contributed by atoms with Crippen LogP contribution in [0.2, 0.25) is 0 Å². The Hall–Kier alpha value is -1.28. The number of anilines is 1. The van der Waals surface area contributed by atoms with E-state index in [0.29, 0.717) is 12.0 Å². The Balaban J connectivity index is 1.57. The molecule has 1 nitrogen and oxygen atoms in total. The van der Waals surface area contributed by atoms with Crippen LogP contribution in [0.4, 0.5) is 5.69 Å². The maximum atomic E-state index is 3.58. The third-order valence-electron chi connectivity index (χ3n) is 3.60. The van der Waals surface area contributed by atoms with Crippen LogP contribution in [0.1, 0.15) is 24.3 Å². The molecule has 0 radical (unpaired) electrons. The third kappa shape index (κ3) is 2.59. The second-order valence-electron chi connectivity index (χ2n) is 4.93. The monoisotopic (exact) mass is 301 g/mol. The van der Waals surface area contributed by atoms with Crippen molar-refractivity contribution in [2.45, 2.75) is 24.8 Å². The normalized spacial score (nSPS) is 22.3. The van der Waals surface area contributed by atoms with Crippen LogP contribution in [0.3, 0.4) is 0 Å². The third-order valence-corrected chi connectivity index (χ3v) is 4.10. The first-order valence-corrected chi connectivity index (χ1v) is 7.17. The number of hydrogen-bond acceptors (Lipinski definition) is 1. The molecule has 3 rings (SSSR count). The Kier molecular flexibility index (Phi) is 3.37. The van der Waals surface area contributed by atoms with E-state index in [-0.39, 0.29) is 0 Å². The molecule has 92 valence electrons. The van der Waals surface area contributed by atoms with Crippen molar-refractivity contribution in [1.82, 2.24) is 0 Å². The molecule has 2 aromatic rings.